The van der Waals surface area contributed by atoms with Crippen LogP contribution in [0.25, 0.3) is 11.8 Å². The van der Waals surface area contributed by atoms with Gasteiger partial charge in [0.1, 0.15) is 17.3 Å². The van der Waals surface area contributed by atoms with Crippen molar-refractivity contribution in [1.29, 1.82) is 0 Å². The molecular weight excluding hydrogens is 613 g/mol. The number of benzene rings is 2. The second-order valence-corrected chi connectivity index (χ2v) is 13.4. The molecule has 4 aromatic rings. The molecule has 2 aliphatic carbocycles. The number of aromatic nitrogens is 4. The van der Waals surface area contributed by atoms with Gasteiger partial charge < -0.3 is 14.2 Å². The van der Waals surface area contributed by atoms with Crippen LogP contribution in [0.3, 0.4) is 0 Å². The van der Waals surface area contributed by atoms with Gasteiger partial charge in [0.05, 0.1) is 43.8 Å². The zero-order valence-corrected chi connectivity index (χ0v) is 27.0. The Morgan fingerprint density at radius 1 is 1.13 bits per heavy atom. The minimum Gasteiger partial charge on any atom is -0.497 e. The zero-order valence-electron chi connectivity index (χ0n) is 26.1. The van der Waals surface area contributed by atoms with E-state index in [1.54, 1.807) is 68.5 Å². The molecule has 11 nitrogen and oxygen atoms in total. The number of fused-ring (bicyclic) bond motifs is 2. The summed E-state index contributed by atoms with van der Waals surface area (Å²) in [5.41, 5.74) is 2.71. The number of hydrogen-bond acceptors (Lipinski definition) is 8. The van der Waals surface area contributed by atoms with Gasteiger partial charge in [-0.25, -0.2) is 17.5 Å². The first-order valence-corrected chi connectivity index (χ1v) is 16.5. The summed E-state index contributed by atoms with van der Waals surface area (Å²) in [7, 11) is 0.612. The van der Waals surface area contributed by atoms with Crippen LogP contribution in [-0.4, -0.2) is 65.1 Å². The number of aryl methyl sites for hydroxylation is 1. The fourth-order valence-electron chi connectivity index (χ4n) is 6.57. The number of carbonyl (C=O) groups excluding carboxylic acids is 1. The molecule has 0 bridgehead atoms. The molecule has 1 saturated carbocycles. The first-order valence-electron chi connectivity index (χ1n) is 15.0. The highest BCUT2D eigenvalue weighted by atomic mass is 32.2. The van der Waals surface area contributed by atoms with Crippen molar-refractivity contribution >= 4 is 22.1 Å². The molecule has 242 valence electrons. The van der Waals surface area contributed by atoms with E-state index in [1.807, 2.05) is 6.08 Å². The van der Waals surface area contributed by atoms with Gasteiger partial charge in [0.25, 0.3) is 10.0 Å². The van der Waals surface area contributed by atoms with E-state index < -0.39 is 27.4 Å². The van der Waals surface area contributed by atoms with Crippen LogP contribution in [0.2, 0.25) is 0 Å². The third kappa shape index (κ3) is 5.58. The Morgan fingerprint density at radius 3 is 2.59 bits per heavy atom. The van der Waals surface area contributed by atoms with Crippen LogP contribution in [0, 0.1) is 11.2 Å². The lowest BCUT2D eigenvalue weighted by atomic mass is 9.63. The van der Waals surface area contributed by atoms with Gasteiger partial charge in [0.15, 0.2) is 5.03 Å². The Hall–Kier alpha value is -4.49. The first-order chi connectivity index (χ1) is 22.1. The molecule has 0 saturated heterocycles. The molecule has 2 aliphatic rings. The lowest BCUT2D eigenvalue weighted by Crippen LogP contribution is -2.50. The molecule has 0 unspecified atom stereocenters. The van der Waals surface area contributed by atoms with Gasteiger partial charge in [-0.15, -0.1) is 0 Å². The summed E-state index contributed by atoms with van der Waals surface area (Å²) in [6.07, 6.45) is 6.65. The van der Waals surface area contributed by atoms with E-state index in [0.717, 1.165) is 16.8 Å². The molecule has 2 aromatic carbocycles. The normalized spacial score (nSPS) is 19.3. The van der Waals surface area contributed by atoms with Crippen molar-refractivity contribution in [2.75, 3.05) is 20.8 Å². The van der Waals surface area contributed by atoms with Gasteiger partial charge >= 0.3 is 5.97 Å². The fraction of sp³-hybridized carbons (Fsp3) is 0.364. The minimum atomic E-state index is -4.12. The molecular formula is C33H36FN5O6S. The van der Waals surface area contributed by atoms with Crippen LogP contribution in [0.5, 0.6) is 11.5 Å². The highest BCUT2D eigenvalue weighted by molar-refractivity contribution is 7.89. The Balaban J connectivity index is 1.42. The number of ether oxygens (including phenoxy) is 3. The lowest BCUT2D eigenvalue weighted by molar-refractivity contribution is -0.155. The Morgan fingerprint density at radius 2 is 1.91 bits per heavy atom. The van der Waals surface area contributed by atoms with Crippen molar-refractivity contribution in [3.8, 4) is 17.2 Å². The maximum Gasteiger partial charge on any atom is 0.316 e. The first kappa shape index (κ1) is 31.5. The fourth-order valence-corrected chi connectivity index (χ4v) is 8.15. The van der Waals surface area contributed by atoms with E-state index in [2.05, 4.69) is 10.2 Å². The summed E-state index contributed by atoms with van der Waals surface area (Å²) in [6, 6.07) is 12.2. The molecule has 13 heteroatoms. The predicted octanol–water partition coefficient (Wildman–Crippen LogP) is 4.69. The predicted molar refractivity (Wildman–Crippen MR) is 167 cm³/mol. The van der Waals surface area contributed by atoms with Crippen molar-refractivity contribution in [2.45, 2.75) is 50.2 Å². The van der Waals surface area contributed by atoms with E-state index in [4.69, 9.17) is 14.2 Å². The second kappa shape index (κ2) is 12.4. The van der Waals surface area contributed by atoms with Crippen molar-refractivity contribution < 1.29 is 31.8 Å². The van der Waals surface area contributed by atoms with Crippen LogP contribution in [0.1, 0.15) is 43.0 Å². The van der Waals surface area contributed by atoms with Crippen LogP contribution >= 0.6 is 0 Å². The van der Waals surface area contributed by atoms with E-state index in [9.17, 15) is 17.6 Å². The number of nitrogens with zero attached hydrogens (tertiary/aromatic N) is 5. The third-order valence-corrected chi connectivity index (χ3v) is 10.7. The number of methoxy groups -OCH3 is 2. The molecule has 6 rings (SSSR count). The highest BCUT2D eigenvalue weighted by Crippen LogP contribution is 2.51. The largest absolute Gasteiger partial charge is 0.497 e. The number of carbonyl (C=O) groups is 1. The van der Waals surface area contributed by atoms with Crippen molar-refractivity contribution in [1.82, 2.24) is 23.9 Å². The van der Waals surface area contributed by atoms with Crippen LogP contribution in [0.4, 0.5) is 4.39 Å². The van der Waals surface area contributed by atoms with Crippen molar-refractivity contribution in [3.63, 3.8) is 0 Å². The van der Waals surface area contributed by atoms with Gasteiger partial charge in [-0.2, -0.15) is 14.5 Å². The number of esters is 1. The number of hydrogen-bond donors (Lipinski definition) is 0. The Labute approximate surface area is 267 Å². The van der Waals surface area contributed by atoms with Gasteiger partial charge in [-0.1, -0.05) is 11.6 Å². The Kier molecular flexibility index (Phi) is 8.47. The van der Waals surface area contributed by atoms with E-state index >= 15 is 0 Å². The zero-order chi connectivity index (χ0) is 32.6. The lowest BCUT2D eigenvalue weighted by Gasteiger charge is -2.45. The molecule has 2 aromatic heterocycles. The summed E-state index contributed by atoms with van der Waals surface area (Å²) < 4.78 is 63.6. The smallest absolute Gasteiger partial charge is 0.316 e. The number of rotatable bonds is 10. The van der Waals surface area contributed by atoms with E-state index in [-0.39, 0.29) is 36.8 Å². The minimum absolute atomic E-state index is 0.0115. The summed E-state index contributed by atoms with van der Waals surface area (Å²) in [5, 5.41) is 8.73. The van der Waals surface area contributed by atoms with E-state index in [1.165, 1.54) is 34.3 Å². The molecule has 1 fully saturated rings. The van der Waals surface area contributed by atoms with E-state index in [0.29, 0.717) is 35.6 Å². The molecule has 0 amide bonds. The molecule has 0 radical (unpaired) electrons. The third-order valence-electron chi connectivity index (χ3n) is 8.86. The van der Waals surface area contributed by atoms with Crippen LogP contribution in [-0.2, 0) is 39.6 Å². The standard InChI is InChI=1S/C33H36FN5O6S/c1-5-45-32(40)33-18-23-20-35-39(26-11-8-25(34)9-12-26)29(23)16-24(33)7-10-27(19-33)38(46(41,42)31-14-15-37(2)36-31)21-22-6-13-28(43-3)17-30(22)44-4/h6,8-9,11-17,20,27H,5,7,10,18-19,21H2,1-4H3/t27-,33-/m0/s1. The quantitative estimate of drug-likeness (QED) is 0.227. The average Bonchev–Trinajstić information content (AvgIpc) is 3.68. The summed E-state index contributed by atoms with van der Waals surface area (Å²) in [4.78, 5) is 13.9. The molecule has 0 aliphatic heterocycles. The monoisotopic (exact) mass is 649 g/mol. The van der Waals surface area contributed by atoms with Crippen molar-refractivity contribution in [3.05, 3.63) is 89.1 Å². The molecule has 2 atom stereocenters. The Bertz CT molecular complexity index is 1900. The second-order valence-electron chi connectivity index (χ2n) is 11.5. The molecule has 2 heterocycles. The maximum absolute atomic E-state index is 14.3. The highest BCUT2D eigenvalue weighted by Gasteiger charge is 2.52. The van der Waals surface area contributed by atoms with Crippen LogP contribution < -0.4 is 9.47 Å². The molecule has 0 N–H and O–H groups in total. The maximum atomic E-state index is 14.3. The van der Waals surface area contributed by atoms with Gasteiger partial charge in [0.2, 0.25) is 0 Å². The topological polar surface area (TPSA) is 118 Å². The number of sulfonamides is 1. The SMILES string of the molecule is CCOC(=O)[C@]12Cc3cnn(-c4ccc(F)cc4)c3C=C1CC[C@H](N(Cc1ccc(OC)cc1OC)S(=O)(=O)c1ccn(C)n1)C2. The summed E-state index contributed by atoms with van der Waals surface area (Å²) in [5.74, 6) is 0.309. The summed E-state index contributed by atoms with van der Waals surface area (Å²) in [6.45, 7) is 1.93. The number of halogens is 1. The molecule has 0 spiro atoms. The summed E-state index contributed by atoms with van der Waals surface area (Å²) >= 11 is 0. The van der Waals surface area contributed by atoms with Gasteiger partial charge in [-0.05, 0) is 80.6 Å². The van der Waals surface area contributed by atoms with Crippen molar-refractivity contribution in [2.24, 2.45) is 12.5 Å². The molecule has 46 heavy (non-hydrogen) atoms. The average molecular weight is 650 g/mol. The van der Waals surface area contributed by atoms with Crippen LogP contribution in [0.15, 0.2) is 71.5 Å². The van der Waals surface area contributed by atoms with Gasteiger partial charge in [-0.3, -0.25) is 9.48 Å². The van der Waals surface area contributed by atoms with Gasteiger partial charge in [0, 0.05) is 37.5 Å².